The molecule has 2 atom stereocenters. The van der Waals surface area contributed by atoms with Gasteiger partial charge in [-0.25, -0.2) is 0 Å². The van der Waals surface area contributed by atoms with Gasteiger partial charge in [0.05, 0.1) is 12.7 Å². The number of ketones is 1. The highest BCUT2D eigenvalue weighted by molar-refractivity contribution is 5.76. The third-order valence-electron chi connectivity index (χ3n) is 2.88. The number of benzene rings is 1. The Kier molecular flexibility index (Phi) is 6.37. The van der Waals surface area contributed by atoms with Gasteiger partial charge >= 0.3 is 0 Å². The number of carbonyl (C=O) groups excluding carboxylic acids is 1. The second-order valence-electron chi connectivity index (χ2n) is 4.63. The Bertz CT molecular complexity index is 381. The molecule has 0 unspecified atom stereocenters. The van der Waals surface area contributed by atoms with E-state index < -0.39 is 0 Å². The van der Waals surface area contributed by atoms with E-state index in [0.717, 1.165) is 5.56 Å². The van der Waals surface area contributed by atoms with E-state index in [-0.39, 0.29) is 17.8 Å². The average Bonchev–Trinajstić information content (AvgIpc) is 2.35. The molecule has 98 valence electrons. The smallest absolute Gasteiger partial charge is 0.132 e. The summed E-state index contributed by atoms with van der Waals surface area (Å²) in [7, 11) is 0. The first kappa shape index (κ1) is 14.7. The van der Waals surface area contributed by atoms with Crippen molar-refractivity contribution >= 4 is 5.78 Å². The number of rotatable bonds is 7. The highest BCUT2D eigenvalue weighted by Crippen LogP contribution is 2.16. The van der Waals surface area contributed by atoms with Gasteiger partial charge in [0.1, 0.15) is 5.78 Å². The third-order valence-corrected chi connectivity index (χ3v) is 2.88. The number of hydrogen-bond acceptors (Lipinski definition) is 2. The first-order valence-electron chi connectivity index (χ1n) is 6.41. The minimum atomic E-state index is -0.0427. The standard InChI is InChI=1S/C16H22O2/c1-4-8-13(2)16(11-14(3)17)18-12-15-9-6-5-7-10-15/h4-10,13,16H,11-12H2,1-3H3/b8-4+/t13-,16+/m1/s1. The summed E-state index contributed by atoms with van der Waals surface area (Å²) in [4.78, 5) is 11.3. The summed E-state index contributed by atoms with van der Waals surface area (Å²) in [6, 6.07) is 10.0. The van der Waals surface area contributed by atoms with Gasteiger partial charge in [-0.2, -0.15) is 0 Å². The largest absolute Gasteiger partial charge is 0.372 e. The number of Topliss-reactive ketones (excluding diaryl/α,β-unsaturated/α-hetero) is 1. The summed E-state index contributed by atoms with van der Waals surface area (Å²) in [5.41, 5.74) is 1.14. The lowest BCUT2D eigenvalue weighted by Crippen LogP contribution is -2.23. The molecule has 0 amide bonds. The molecule has 2 heteroatoms. The van der Waals surface area contributed by atoms with Gasteiger partial charge in [0.15, 0.2) is 0 Å². The Morgan fingerprint density at radius 1 is 1.33 bits per heavy atom. The topological polar surface area (TPSA) is 26.3 Å². The molecule has 1 rings (SSSR count). The van der Waals surface area contributed by atoms with E-state index in [1.807, 2.05) is 43.3 Å². The summed E-state index contributed by atoms with van der Waals surface area (Å²) in [6.45, 7) is 6.24. The van der Waals surface area contributed by atoms with Crippen LogP contribution >= 0.6 is 0 Å². The summed E-state index contributed by atoms with van der Waals surface area (Å²) in [6.07, 6.45) is 4.51. The molecule has 2 nitrogen and oxygen atoms in total. The van der Waals surface area contributed by atoms with E-state index in [4.69, 9.17) is 4.74 Å². The zero-order valence-electron chi connectivity index (χ0n) is 11.4. The maximum Gasteiger partial charge on any atom is 0.132 e. The fraction of sp³-hybridized carbons (Fsp3) is 0.438. The maximum atomic E-state index is 11.3. The van der Waals surface area contributed by atoms with Gasteiger partial charge in [-0.3, -0.25) is 4.79 Å². The number of hydrogen-bond donors (Lipinski definition) is 0. The average molecular weight is 246 g/mol. The molecule has 0 saturated carbocycles. The first-order chi connectivity index (χ1) is 8.63. The molecule has 0 aliphatic heterocycles. The minimum absolute atomic E-state index is 0.0427. The Hall–Kier alpha value is -1.41. The van der Waals surface area contributed by atoms with E-state index in [0.29, 0.717) is 13.0 Å². The monoisotopic (exact) mass is 246 g/mol. The van der Waals surface area contributed by atoms with Crippen molar-refractivity contribution in [1.29, 1.82) is 0 Å². The molecule has 0 spiro atoms. The molecule has 1 aromatic rings. The molecule has 0 radical (unpaired) electrons. The number of ether oxygens (including phenoxy) is 1. The Morgan fingerprint density at radius 2 is 2.00 bits per heavy atom. The minimum Gasteiger partial charge on any atom is -0.372 e. The molecule has 1 aromatic carbocycles. The fourth-order valence-corrected chi connectivity index (χ4v) is 1.88. The van der Waals surface area contributed by atoms with Gasteiger partial charge in [0.25, 0.3) is 0 Å². The highest BCUT2D eigenvalue weighted by atomic mass is 16.5. The summed E-state index contributed by atoms with van der Waals surface area (Å²) in [5, 5.41) is 0. The van der Waals surface area contributed by atoms with Crippen LogP contribution in [0.2, 0.25) is 0 Å². The predicted octanol–water partition coefficient (Wildman–Crippen LogP) is 3.76. The van der Waals surface area contributed by atoms with Gasteiger partial charge in [0, 0.05) is 12.3 Å². The number of allylic oxidation sites excluding steroid dienone is 1. The van der Waals surface area contributed by atoms with Crippen LogP contribution in [0.3, 0.4) is 0 Å². The van der Waals surface area contributed by atoms with Crippen molar-refractivity contribution in [2.45, 2.75) is 39.9 Å². The van der Waals surface area contributed by atoms with Crippen LogP contribution in [0.5, 0.6) is 0 Å². The SMILES string of the molecule is C/C=C/[C@@H](C)[C@H](CC(C)=O)OCc1ccccc1. The van der Waals surface area contributed by atoms with E-state index in [1.165, 1.54) is 0 Å². The van der Waals surface area contributed by atoms with Crippen LogP contribution in [0.4, 0.5) is 0 Å². The fourth-order valence-electron chi connectivity index (χ4n) is 1.88. The molecule has 0 saturated heterocycles. The first-order valence-corrected chi connectivity index (χ1v) is 6.41. The van der Waals surface area contributed by atoms with Crippen molar-refractivity contribution in [2.75, 3.05) is 0 Å². The van der Waals surface area contributed by atoms with Crippen LogP contribution in [-0.4, -0.2) is 11.9 Å². The number of carbonyl (C=O) groups is 1. The summed E-state index contributed by atoms with van der Waals surface area (Å²) >= 11 is 0. The molecule has 0 aromatic heterocycles. The van der Waals surface area contributed by atoms with Crippen molar-refractivity contribution in [2.24, 2.45) is 5.92 Å². The molecule has 0 aliphatic rings. The van der Waals surface area contributed by atoms with Gasteiger partial charge in [-0.05, 0) is 19.4 Å². The van der Waals surface area contributed by atoms with E-state index in [9.17, 15) is 4.79 Å². The van der Waals surface area contributed by atoms with Crippen LogP contribution in [0, 0.1) is 5.92 Å². The zero-order chi connectivity index (χ0) is 13.4. The Morgan fingerprint density at radius 3 is 2.56 bits per heavy atom. The molecule has 0 bridgehead atoms. The lowest BCUT2D eigenvalue weighted by Gasteiger charge is -2.21. The van der Waals surface area contributed by atoms with Gasteiger partial charge < -0.3 is 4.74 Å². The summed E-state index contributed by atoms with van der Waals surface area (Å²) < 4.78 is 5.88. The molecule has 0 heterocycles. The Balaban J connectivity index is 2.58. The summed E-state index contributed by atoms with van der Waals surface area (Å²) in [5.74, 6) is 0.423. The quantitative estimate of drug-likeness (QED) is 0.685. The zero-order valence-corrected chi connectivity index (χ0v) is 11.4. The third kappa shape index (κ3) is 5.28. The van der Waals surface area contributed by atoms with Crippen molar-refractivity contribution in [1.82, 2.24) is 0 Å². The van der Waals surface area contributed by atoms with Crippen LogP contribution < -0.4 is 0 Å². The lowest BCUT2D eigenvalue weighted by atomic mass is 9.99. The van der Waals surface area contributed by atoms with Crippen molar-refractivity contribution in [3.8, 4) is 0 Å². The van der Waals surface area contributed by atoms with Gasteiger partial charge in [0.2, 0.25) is 0 Å². The molecule has 0 N–H and O–H groups in total. The van der Waals surface area contributed by atoms with Crippen LogP contribution in [0.15, 0.2) is 42.5 Å². The molecule has 0 aliphatic carbocycles. The van der Waals surface area contributed by atoms with E-state index >= 15 is 0 Å². The van der Waals surface area contributed by atoms with Crippen LogP contribution in [0.1, 0.15) is 32.8 Å². The second-order valence-corrected chi connectivity index (χ2v) is 4.63. The molecule has 18 heavy (non-hydrogen) atoms. The molecular formula is C16H22O2. The van der Waals surface area contributed by atoms with Crippen LogP contribution in [-0.2, 0) is 16.1 Å². The van der Waals surface area contributed by atoms with Crippen molar-refractivity contribution in [3.63, 3.8) is 0 Å². The predicted molar refractivity (Wildman–Crippen MR) is 74.3 cm³/mol. The maximum absolute atomic E-state index is 11.3. The second kappa shape index (κ2) is 7.83. The molecular weight excluding hydrogens is 224 g/mol. The molecule has 0 fully saturated rings. The van der Waals surface area contributed by atoms with Crippen molar-refractivity contribution in [3.05, 3.63) is 48.0 Å². The van der Waals surface area contributed by atoms with E-state index in [2.05, 4.69) is 13.0 Å². The van der Waals surface area contributed by atoms with Gasteiger partial charge in [-0.1, -0.05) is 49.4 Å². The lowest BCUT2D eigenvalue weighted by molar-refractivity contribution is -0.120. The normalized spacial score (nSPS) is 14.6. The Labute approximate surface area is 110 Å². The van der Waals surface area contributed by atoms with Crippen molar-refractivity contribution < 1.29 is 9.53 Å². The van der Waals surface area contributed by atoms with Gasteiger partial charge in [-0.15, -0.1) is 0 Å². The van der Waals surface area contributed by atoms with Crippen LogP contribution in [0.25, 0.3) is 0 Å². The highest BCUT2D eigenvalue weighted by Gasteiger charge is 2.17. The van der Waals surface area contributed by atoms with E-state index in [1.54, 1.807) is 6.92 Å².